The standard InChI is InChI=1S/C18H25N3O5/c1-6-26-17(24)15-11(5)19-10(4)14(15)13(22)8-21-16(23)12(7-9(2)3)20-18(21)25/h9,12,19H,6-8H2,1-5H3,(H,20,25)/t12-/m1/s1. The van der Waals surface area contributed by atoms with E-state index < -0.39 is 36.3 Å². The number of aromatic amines is 1. The molecule has 1 saturated heterocycles. The van der Waals surface area contributed by atoms with Crippen molar-refractivity contribution >= 4 is 23.7 Å². The van der Waals surface area contributed by atoms with Crippen molar-refractivity contribution in [2.24, 2.45) is 5.92 Å². The van der Waals surface area contributed by atoms with Crippen LogP contribution in [0.3, 0.4) is 0 Å². The molecule has 1 atom stereocenters. The summed E-state index contributed by atoms with van der Waals surface area (Å²) in [6.45, 7) is 8.68. The fourth-order valence-corrected chi connectivity index (χ4v) is 3.17. The Hall–Kier alpha value is -2.64. The van der Waals surface area contributed by atoms with Crippen LogP contribution < -0.4 is 5.32 Å². The number of H-pyrrole nitrogens is 1. The molecule has 1 aromatic heterocycles. The summed E-state index contributed by atoms with van der Waals surface area (Å²) in [5, 5.41) is 2.61. The number of amides is 3. The van der Waals surface area contributed by atoms with Crippen LogP contribution in [-0.4, -0.2) is 52.8 Å². The van der Waals surface area contributed by atoms with Crippen molar-refractivity contribution in [3.63, 3.8) is 0 Å². The molecule has 1 aliphatic rings. The second-order valence-corrected chi connectivity index (χ2v) is 6.82. The lowest BCUT2D eigenvalue weighted by atomic mass is 10.0. The predicted molar refractivity (Wildman–Crippen MR) is 94.0 cm³/mol. The van der Waals surface area contributed by atoms with Gasteiger partial charge in [-0.1, -0.05) is 13.8 Å². The molecule has 2 rings (SSSR count). The van der Waals surface area contributed by atoms with Crippen molar-refractivity contribution in [1.82, 2.24) is 15.2 Å². The van der Waals surface area contributed by atoms with Gasteiger partial charge in [0, 0.05) is 11.4 Å². The monoisotopic (exact) mass is 363 g/mol. The molecule has 0 aliphatic carbocycles. The Bertz CT molecular complexity index is 750. The highest BCUT2D eigenvalue weighted by Crippen LogP contribution is 2.22. The van der Waals surface area contributed by atoms with Crippen LogP contribution in [0.1, 0.15) is 59.3 Å². The number of nitrogens with one attached hydrogen (secondary N) is 2. The van der Waals surface area contributed by atoms with Crippen molar-refractivity contribution in [1.29, 1.82) is 0 Å². The lowest BCUT2D eigenvalue weighted by Crippen LogP contribution is -2.36. The molecule has 1 fully saturated rings. The number of nitrogens with zero attached hydrogens (tertiary/aromatic N) is 1. The smallest absolute Gasteiger partial charge is 0.340 e. The van der Waals surface area contributed by atoms with E-state index >= 15 is 0 Å². The Kier molecular flexibility index (Phi) is 5.84. The number of hydrogen-bond donors (Lipinski definition) is 2. The van der Waals surface area contributed by atoms with Gasteiger partial charge in [0.05, 0.1) is 24.3 Å². The second kappa shape index (κ2) is 7.72. The van der Waals surface area contributed by atoms with Crippen LogP contribution in [0.15, 0.2) is 0 Å². The summed E-state index contributed by atoms with van der Waals surface area (Å²) in [6, 6.07) is -1.20. The van der Waals surface area contributed by atoms with Gasteiger partial charge >= 0.3 is 12.0 Å². The molecule has 0 aromatic carbocycles. The molecule has 1 aromatic rings. The largest absolute Gasteiger partial charge is 0.462 e. The van der Waals surface area contributed by atoms with E-state index in [-0.39, 0.29) is 23.7 Å². The number of aryl methyl sites for hydroxylation is 2. The first-order valence-corrected chi connectivity index (χ1v) is 8.68. The minimum Gasteiger partial charge on any atom is -0.462 e. The van der Waals surface area contributed by atoms with Crippen molar-refractivity contribution in [2.45, 2.75) is 47.1 Å². The SMILES string of the molecule is CCOC(=O)c1c(C)[nH]c(C)c1C(=O)CN1C(=O)N[C@H](CC(C)C)C1=O. The number of ketones is 1. The average molecular weight is 363 g/mol. The number of ether oxygens (including phenoxy) is 1. The second-order valence-electron chi connectivity index (χ2n) is 6.82. The molecule has 8 heteroatoms. The minimum absolute atomic E-state index is 0.153. The Morgan fingerprint density at radius 3 is 2.35 bits per heavy atom. The maximum atomic E-state index is 12.8. The number of aromatic nitrogens is 1. The number of rotatable bonds is 7. The van der Waals surface area contributed by atoms with E-state index in [4.69, 9.17) is 4.74 Å². The Balaban J connectivity index is 2.24. The van der Waals surface area contributed by atoms with Crippen LogP contribution in [0.25, 0.3) is 0 Å². The van der Waals surface area contributed by atoms with E-state index in [1.54, 1.807) is 20.8 Å². The summed E-state index contributed by atoms with van der Waals surface area (Å²) in [7, 11) is 0. The van der Waals surface area contributed by atoms with Gasteiger partial charge in [0.1, 0.15) is 6.04 Å². The molecule has 8 nitrogen and oxygen atoms in total. The molecule has 0 bridgehead atoms. The average Bonchev–Trinajstić information content (AvgIpc) is 2.97. The number of esters is 1. The quantitative estimate of drug-likeness (QED) is 0.437. The molecule has 2 heterocycles. The lowest BCUT2D eigenvalue weighted by molar-refractivity contribution is -0.127. The van der Waals surface area contributed by atoms with Crippen molar-refractivity contribution < 1.29 is 23.9 Å². The summed E-state index contributed by atoms with van der Waals surface area (Å²) >= 11 is 0. The maximum absolute atomic E-state index is 12.8. The Morgan fingerprint density at radius 1 is 1.15 bits per heavy atom. The molecule has 1 aliphatic heterocycles. The maximum Gasteiger partial charge on any atom is 0.340 e. The molecular formula is C18H25N3O5. The van der Waals surface area contributed by atoms with Crippen molar-refractivity contribution in [2.75, 3.05) is 13.2 Å². The van der Waals surface area contributed by atoms with Crippen LogP contribution in [0, 0.1) is 19.8 Å². The number of carbonyl (C=O) groups excluding carboxylic acids is 4. The van der Waals surface area contributed by atoms with Gasteiger partial charge in [0.2, 0.25) is 0 Å². The molecule has 0 spiro atoms. The van der Waals surface area contributed by atoms with Gasteiger partial charge in [-0.05, 0) is 33.1 Å². The number of Topliss-reactive ketones (excluding diaryl/α,β-unsaturated/α-hetero) is 1. The topological polar surface area (TPSA) is 109 Å². The first-order valence-electron chi connectivity index (χ1n) is 8.68. The summed E-state index contributed by atoms with van der Waals surface area (Å²) in [4.78, 5) is 53.4. The first-order chi connectivity index (χ1) is 12.2. The van der Waals surface area contributed by atoms with Gasteiger partial charge < -0.3 is 15.0 Å². The normalized spacial score (nSPS) is 17.0. The van der Waals surface area contributed by atoms with E-state index in [1.807, 2.05) is 13.8 Å². The highest BCUT2D eigenvalue weighted by Gasteiger charge is 2.40. The highest BCUT2D eigenvalue weighted by molar-refractivity contribution is 6.13. The van der Waals surface area contributed by atoms with E-state index in [0.29, 0.717) is 17.8 Å². The number of imide groups is 1. The fourth-order valence-electron chi connectivity index (χ4n) is 3.17. The van der Waals surface area contributed by atoms with E-state index in [1.165, 1.54) is 0 Å². The van der Waals surface area contributed by atoms with Gasteiger partial charge in [-0.15, -0.1) is 0 Å². The molecule has 0 saturated carbocycles. The highest BCUT2D eigenvalue weighted by atomic mass is 16.5. The summed E-state index contributed by atoms with van der Waals surface area (Å²) < 4.78 is 5.01. The number of hydrogen-bond acceptors (Lipinski definition) is 5. The van der Waals surface area contributed by atoms with Crippen LogP contribution in [0.5, 0.6) is 0 Å². The van der Waals surface area contributed by atoms with Gasteiger partial charge in [0.25, 0.3) is 5.91 Å². The van der Waals surface area contributed by atoms with Gasteiger partial charge in [-0.2, -0.15) is 0 Å². The summed E-state index contributed by atoms with van der Waals surface area (Å²) in [6.07, 6.45) is 0.506. The van der Waals surface area contributed by atoms with Crippen molar-refractivity contribution in [3.8, 4) is 0 Å². The molecule has 0 radical (unpaired) electrons. The summed E-state index contributed by atoms with van der Waals surface area (Å²) in [5.74, 6) is -1.28. The van der Waals surface area contributed by atoms with Crippen molar-refractivity contribution in [3.05, 3.63) is 22.5 Å². The van der Waals surface area contributed by atoms with Crippen LogP contribution in [0.4, 0.5) is 4.79 Å². The summed E-state index contributed by atoms with van der Waals surface area (Å²) in [5.41, 5.74) is 1.33. The van der Waals surface area contributed by atoms with E-state index in [9.17, 15) is 19.2 Å². The van der Waals surface area contributed by atoms with E-state index in [2.05, 4.69) is 10.3 Å². The van der Waals surface area contributed by atoms with Gasteiger partial charge in [0.15, 0.2) is 5.78 Å². The third-order valence-corrected chi connectivity index (χ3v) is 4.25. The first kappa shape index (κ1) is 19.7. The van der Waals surface area contributed by atoms with Crippen LogP contribution in [0.2, 0.25) is 0 Å². The molecule has 3 amide bonds. The van der Waals surface area contributed by atoms with E-state index in [0.717, 1.165) is 4.90 Å². The zero-order chi connectivity index (χ0) is 19.6. The van der Waals surface area contributed by atoms with Gasteiger partial charge in [-0.3, -0.25) is 14.5 Å². The fraction of sp³-hybridized carbons (Fsp3) is 0.556. The Labute approximate surface area is 152 Å². The zero-order valence-electron chi connectivity index (χ0n) is 15.8. The van der Waals surface area contributed by atoms with Gasteiger partial charge in [-0.25, -0.2) is 9.59 Å². The molecule has 2 N–H and O–H groups in total. The molecule has 26 heavy (non-hydrogen) atoms. The Morgan fingerprint density at radius 2 is 1.77 bits per heavy atom. The van der Waals surface area contributed by atoms with Crippen LogP contribution in [-0.2, 0) is 9.53 Å². The third-order valence-electron chi connectivity index (χ3n) is 4.25. The van der Waals surface area contributed by atoms with Crippen LogP contribution >= 0.6 is 0 Å². The number of carbonyl (C=O) groups is 4. The lowest BCUT2D eigenvalue weighted by Gasteiger charge is -2.14. The third kappa shape index (κ3) is 3.79. The molecule has 142 valence electrons. The number of urea groups is 1. The molecular weight excluding hydrogens is 338 g/mol. The predicted octanol–water partition coefficient (Wildman–Crippen LogP) is 1.96. The molecule has 0 unspecified atom stereocenters. The zero-order valence-corrected chi connectivity index (χ0v) is 15.8. The minimum atomic E-state index is -0.617.